The molecule has 4 heterocycles. The zero-order valence-electron chi connectivity index (χ0n) is 21.2. The van der Waals surface area contributed by atoms with E-state index in [4.69, 9.17) is 0 Å². The number of hydrogen-bond donors (Lipinski definition) is 4. The fourth-order valence-corrected chi connectivity index (χ4v) is 5.31. The van der Waals surface area contributed by atoms with Crippen molar-refractivity contribution < 1.29 is 23.1 Å². The predicted octanol–water partition coefficient (Wildman–Crippen LogP) is 3.23. The predicted molar refractivity (Wildman–Crippen MR) is 138 cm³/mol. The molecular weight excluding hydrogens is 499 g/mol. The van der Waals surface area contributed by atoms with Crippen LogP contribution in [0.4, 0.5) is 24.8 Å². The summed E-state index contributed by atoms with van der Waals surface area (Å²) in [6.07, 6.45) is -2.39. The third kappa shape index (κ3) is 5.70. The molecule has 1 saturated heterocycles. The van der Waals surface area contributed by atoms with Gasteiger partial charge in [0, 0.05) is 58.4 Å². The molecule has 2 aliphatic heterocycles. The third-order valence-corrected chi connectivity index (χ3v) is 7.37. The van der Waals surface area contributed by atoms with Crippen LogP contribution in [0.5, 0.6) is 0 Å². The lowest BCUT2D eigenvalue weighted by Crippen LogP contribution is -2.41. The summed E-state index contributed by atoms with van der Waals surface area (Å²) in [5.74, 6) is 0.310. The Morgan fingerprint density at radius 2 is 1.92 bits per heavy atom. The van der Waals surface area contributed by atoms with Crippen molar-refractivity contribution in [3.8, 4) is 0 Å². The number of benzene rings is 1. The number of likely N-dealkylation sites (tertiary alicyclic amines) is 1. The van der Waals surface area contributed by atoms with E-state index in [9.17, 15) is 23.1 Å². The Bertz CT molecular complexity index is 1290. The Morgan fingerprint density at radius 1 is 1.18 bits per heavy atom. The molecule has 0 aliphatic carbocycles. The van der Waals surface area contributed by atoms with Gasteiger partial charge < -0.3 is 20.6 Å². The maximum absolute atomic E-state index is 13.9. The number of aromatic amines is 1. The van der Waals surface area contributed by atoms with Crippen LogP contribution in [0.3, 0.4) is 0 Å². The maximum Gasteiger partial charge on any atom is 0.418 e. The van der Waals surface area contributed by atoms with E-state index >= 15 is 0 Å². The largest absolute Gasteiger partial charge is 0.418 e. The van der Waals surface area contributed by atoms with Gasteiger partial charge in [0.15, 0.2) is 11.6 Å². The summed E-state index contributed by atoms with van der Waals surface area (Å²) < 4.78 is 41.7. The second-order valence-electron chi connectivity index (χ2n) is 10.1. The molecule has 0 unspecified atom stereocenters. The van der Waals surface area contributed by atoms with Gasteiger partial charge >= 0.3 is 6.18 Å². The Morgan fingerprint density at radius 3 is 2.63 bits per heavy atom. The summed E-state index contributed by atoms with van der Waals surface area (Å²) in [5, 5.41) is 23.5. The van der Waals surface area contributed by atoms with Crippen molar-refractivity contribution in [3.63, 3.8) is 0 Å². The number of H-pyrrole nitrogens is 1. The molecule has 3 aromatic rings. The minimum Gasteiger partial charge on any atom is -0.390 e. The number of anilines is 2. The van der Waals surface area contributed by atoms with E-state index in [-0.39, 0.29) is 41.0 Å². The van der Waals surface area contributed by atoms with Crippen molar-refractivity contribution in [2.45, 2.75) is 51.1 Å². The number of aliphatic hydroxyl groups excluding tert-OH is 1. The first-order valence-electron chi connectivity index (χ1n) is 12.9. The second-order valence-corrected chi connectivity index (χ2v) is 10.1. The lowest BCUT2D eigenvalue weighted by atomic mass is 10.00. The van der Waals surface area contributed by atoms with Gasteiger partial charge in [-0.2, -0.15) is 18.3 Å². The van der Waals surface area contributed by atoms with Crippen LogP contribution in [0.1, 0.15) is 36.5 Å². The van der Waals surface area contributed by atoms with Gasteiger partial charge in [-0.15, -0.1) is 0 Å². The van der Waals surface area contributed by atoms with E-state index in [0.717, 1.165) is 25.7 Å². The van der Waals surface area contributed by atoms with Gasteiger partial charge in [0.25, 0.3) is 0 Å². The lowest BCUT2D eigenvalue weighted by molar-refractivity contribution is -0.136. The van der Waals surface area contributed by atoms with Crippen LogP contribution in [0.15, 0.2) is 30.5 Å². The highest BCUT2D eigenvalue weighted by Crippen LogP contribution is 2.39. The molecule has 1 amide bonds. The molecular formula is C26H32F3N7O2. The number of nitrogens with zero attached hydrogens (tertiary/aromatic N) is 4. The number of nitrogens with one attached hydrogen (secondary N) is 3. The molecule has 1 fully saturated rings. The quantitative estimate of drug-likeness (QED) is 0.371. The number of alkyl halides is 3. The number of β-amino-alcohol motifs (C(OH)–C–C–N with tert-alkyl or cyclic N) is 1. The molecule has 38 heavy (non-hydrogen) atoms. The zero-order chi connectivity index (χ0) is 26.9. The molecule has 5 rings (SSSR count). The minimum atomic E-state index is -4.63. The van der Waals surface area contributed by atoms with Crippen LogP contribution < -0.4 is 10.6 Å². The van der Waals surface area contributed by atoms with Gasteiger partial charge in [-0.25, -0.2) is 4.98 Å². The van der Waals surface area contributed by atoms with Gasteiger partial charge in [0.2, 0.25) is 5.91 Å². The van der Waals surface area contributed by atoms with E-state index in [1.165, 1.54) is 18.1 Å². The zero-order valence-corrected chi connectivity index (χ0v) is 21.2. The number of amides is 1. The number of aromatic nitrogens is 3. The number of halogens is 3. The first-order valence-corrected chi connectivity index (χ1v) is 12.9. The Kier molecular flexibility index (Phi) is 7.44. The third-order valence-electron chi connectivity index (χ3n) is 7.37. The van der Waals surface area contributed by atoms with E-state index < -0.39 is 17.8 Å². The molecule has 0 radical (unpaired) electrons. The first kappa shape index (κ1) is 26.2. The number of piperidine rings is 1. The number of rotatable bonds is 7. The van der Waals surface area contributed by atoms with E-state index in [0.29, 0.717) is 32.5 Å². The van der Waals surface area contributed by atoms with Crippen molar-refractivity contribution in [1.29, 1.82) is 0 Å². The van der Waals surface area contributed by atoms with E-state index in [2.05, 4.69) is 42.8 Å². The van der Waals surface area contributed by atoms with Crippen LogP contribution in [-0.4, -0.2) is 80.9 Å². The standard InChI is InChI=1S/C26H32F3N7O2/c1-16(37)36-10-7-19(8-11-36)32-25-23-22(21(13-31-25)26(27,28)29)24(34-33-23)30-12-20(38)15-35-9-6-17-4-2-3-5-18(17)14-35/h2-5,13,19-20,38H,6-12,14-15H2,1H3,(H,31,32)(H2,30,33,34)/t20-/m0/s1. The van der Waals surface area contributed by atoms with Gasteiger partial charge in [0.05, 0.1) is 17.1 Å². The van der Waals surface area contributed by atoms with Crippen molar-refractivity contribution in [1.82, 2.24) is 25.0 Å². The monoisotopic (exact) mass is 531 g/mol. The molecule has 0 spiro atoms. The van der Waals surface area contributed by atoms with Crippen LogP contribution in [-0.2, 0) is 23.9 Å². The fraction of sp³-hybridized carbons (Fsp3) is 0.500. The molecule has 0 bridgehead atoms. The van der Waals surface area contributed by atoms with Gasteiger partial charge in [-0.3, -0.25) is 14.8 Å². The molecule has 1 aromatic carbocycles. The summed E-state index contributed by atoms with van der Waals surface area (Å²) in [6.45, 7) is 4.65. The topological polar surface area (TPSA) is 109 Å². The van der Waals surface area contributed by atoms with Crippen LogP contribution in [0.25, 0.3) is 10.9 Å². The summed E-state index contributed by atoms with van der Waals surface area (Å²) >= 11 is 0. The van der Waals surface area contributed by atoms with Crippen molar-refractivity contribution in [2.24, 2.45) is 0 Å². The van der Waals surface area contributed by atoms with Crippen molar-refractivity contribution in [3.05, 3.63) is 47.2 Å². The molecule has 204 valence electrons. The SMILES string of the molecule is CC(=O)N1CCC(Nc2ncc(C(F)(F)F)c3c(NC[C@H](O)CN4CCc5ccccc5C4)n[nH]c23)CC1. The number of fused-ring (bicyclic) bond motifs is 2. The highest BCUT2D eigenvalue weighted by Gasteiger charge is 2.36. The summed E-state index contributed by atoms with van der Waals surface area (Å²) in [4.78, 5) is 19.5. The summed E-state index contributed by atoms with van der Waals surface area (Å²) in [5.41, 5.74) is 1.79. The smallest absolute Gasteiger partial charge is 0.390 e. The normalized spacial score (nSPS) is 17.9. The molecule has 4 N–H and O–H groups in total. The lowest BCUT2D eigenvalue weighted by Gasteiger charge is -2.32. The van der Waals surface area contributed by atoms with E-state index in [1.807, 2.05) is 12.1 Å². The van der Waals surface area contributed by atoms with Crippen molar-refractivity contribution >= 4 is 28.4 Å². The molecule has 1 atom stereocenters. The molecule has 9 nitrogen and oxygen atoms in total. The summed E-state index contributed by atoms with van der Waals surface area (Å²) in [7, 11) is 0. The molecule has 2 aliphatic rings. The Labute approximate surface area is 218 Å². The Hall–Kier alpha value is -3.38. The maximum atomic E-state index is 13.9. The van der Waals surface area contributed by atoms with Crippen LogP contribution >= 0.6 is 0 Å². The van der Waals surface area contributed by atoms with Gasteiger partial charge in [-0.1, -0.05) is 24.3 Å². The molecule has 2 aromatic heterocycles. The van der Waals surface area contributed by atoms with Crippen molar-refractivity contribution in [2.75, 3.05) is 43.4 Å². The Balaban J connectivity index is 1.28. The van der Waals surface area contributed by atoms with Crippen LogP contribution in [0.2, 0.25) is 0 Å². The van der Waals surface area contributed by atoms with Gasteiger partial charge in [-0.05, 0) is 30.4 Å². The highest BCUT2D eigenvalue weighted by atomic mass is 19.4. The first-order chi connectivity index (χ1) is 18.2. The van der Waals surface area contributed by atoms with Crippen LogP contribution in [0, 0.1) is 0 Å². The van der Waals surface area contributed by atoms with E-state index in [1.54, 1.807) is 4.90 Å². The molecule has 12 heteroatoms. The second kappa shape index (κ2) is 10.8. The molecule has 0 saturated carbocycles. The highest BCUT2D eigenvalue weighted by molar-refractivity contribution is 5.99. The number of carbonyl (C=O) groups is 1. The average molecular weight is 532 g/mol. The number of hydrogen-bond acceptors (Lipinski definition) is 7. The number of aliphatic hydroxyl groups is 1. The number of pyridine rings is 1. The fourth-order valence-electron chi connectivity index (χ4n) is 5.31. The van der Waals surface area contributed by atoms with Gasteiger partial charge in [0.1, 0.15) is 5.52 Å². The minimum absolute atomic E-state index is 0.00932. The number of carbonyl (C=O) groups excluding carboxylic acids is 1. The summed E-state index contributed by atoms with van der Waals surface area (Å²) in [6, 6.07) is 8.17. The average Bonchev–Trinajstić information content (AvgIpc) is 3.31.